The van der Waals surface area contributed by atoms with Crippen molar-refractivity contribution in [1.29, 1.82) is 0 Å². The van der Waals surface area contributed by atoms with Gasteiger partial charge in [-0.15, -0.1) is 0 Å². The number of aromatic nitrogens is 1. The molecular weight excluding hydrogens is 352 g/mol. The van der Waals surface area contributed by atoms with Crippen molar-refractivity contribution in [3.8, 4) is 5.75 Å². The lowest BCUT2D eigenvalue weighted by molar-refractivity contribution is -0.121. The van der Waals surface area contributed by atoms with E-state index in [9.17, 15) is 9.18 Å². The van der Waals surface area contributed by atoms with Crippen LogP contribution in [0.3, 0.4) is 0 Å². The zero-order valence-corrected chi connectivity index (χ0v) is 15.3. The van der Waals surface area contributed by atoms with Gasteiger partial charge in [-0.2, -0.15) is 0 Å². The molecule has 1 saturated carbocycles. The molecule has 0 radical (unpaired) electrons. The summed E-state index contributed by atoms with van der Waals surface area (Å²) in [6, 6.07) is 3.20. The number of fused-ring (bicyclic) bond motifs is 2. The number of methoxy groups -OCH3 is 1. The molecule has 1 amide bonds. The van der Waals surface area contributed by atoms with Crippen LogP contribution in [0.5, 0.6) is 5.75 Å². The van der Waals surface area contributed by atoms with Crippen molar-refractivity contribution in [2.24, 2.45) is 5.73 Å². The van der Waals surface area contributed by atoms with Gasteiger partial charge in [-0.25, -0.2) is 8.78 Å². The second kappa shape index (κ2) is 6.27. The molecule has 142 valence electrons. The van der Waals surface area contributed by atoms with Crippen molar-refractivity contribution in [3.05, 3.63) is 52.3 Å². The average Bonchev–Trinajstić information content (AvgIpc) is 3.47. The Bertz CT molecular complexity index is 913. The van der Waals surface area contributed by atoms with E-state index in [4.69, 9.17) is 10.5 Å². The number of ether oxygens (including phenoxy) is 1. The summed E-state index contributed by atoms with van der Waals surface area (Å²) in [6.07, 6.45) is 3.32. The van der Waals surface area contributed by atoms with Crippen LogP contribution in [-0.2, 0) is 29.7 Å². The Kier molecular flexibility index (Phi) is 4.14. The number of carbonyl (C=O) groups is 1. The van der Waals surface area contributed by atoms with Crippen LogP contribution in [-0.4, -0.2) is 18.0 Å². The molecule has 1 aliphatic carbocycles. The molecule has 0 atom stereocenters. The van der Waals surface area contributed by atoms with Crippen molar-refractivity contribution < 1.29 is 18.3 Å². The molecule has 1 spiro atoms. The summed E-state index contributed by atoms with van der Waals surface area (Å²) in [6.45, 7) is 2.12. The third-order valence-electron chi connectivity index (χ3n) is 5.59. The summed E-state index contributed by atoms with van der Waals surface area (Å²) in [5.41, 5.74) is 7.31. The largest absolute Gasteiger partial charge is 0.494 e. The maximum Gasteiger partial charge on any atom is 0.238 e. The fraction of sp³-hybridized carbons (Fsp3) is 0.400. The number of halogens is 2. The van der Waals surface area contributed by atoms with Crippen LogP contribution in [0, 0.1) is 11.6 Å². The van der Waals surface area contributed by atoms with Crippen molar-refractivity contribution in [2.45, 2.75) is 44.7 Å². The summed E-state index contributed by atoms with van der Waals surface area (Å²) in [4.78, 5) is 18.8. The van der Waals surface area contributed by atoms with Crippen LogP contribution in [0.4, 0.5) is 14.5 Å². The Morgan fingerprint density at radius 2 is 2.04 bits per heavy atom. The molecule has 2 aromatic rings. The normalized spacial score (nSPS) is 17.2. The SMILES string of the molecule is CCc1cc(OC)c(F)c(N2Cc3cnc(CN)cc3C3(CC3)C2=O)c1F. The lowest BCUT2D eigenvalue weighted by Gasteiger charge is -2.35. The van der Waals surface area contributed by atoms with Crippen LogP contribution in [0.2, 0.25) is 0 Å². The molecule has 4 rings (SSSR count). The predicted molar refractivity (Wildman–Crippen MR) is 96.5 cm³/mol. The van der Waals surface area contributed by atoms with Crippen molar-refractivity contribution in [2.75, 3.05) is 12.0 Å². The minimum Gasteiger partial charge on any atom is -0.494 e. The summed E-state index contributed by atoms with van der Waals surface area (Å²) in [5, 5.41) is 0. The molecular formula is C20H21F2N3O2. The van der Waals surface area contributed by atoms with Gasteiger partial charge in [-0.1, -0.05) is 6.92 Å². The van der Waals surface area contributed by atoms with Crippen LogP contribution in [0.15, 0.2) is 18.3 Å². The average molecular weight is 373 g/mol. The Balaban J connectivity index is 1.88. The Labute approximate surface area is 156 Å². The standard InChI is InChI=1S/C20H21F2N3O2/c1-3-11-6-15(27-2)17(22)18(16(11)21)25-10-12-9-24-13(8-23)7-14(12)20(4-5-20)19(25)26/h6-7,9H,3-5,8,10,23H2,1-2H3. The van der Waals surface area contributed by atoms with Gasteiger partial charge in [0.15, 0.2) is 17.4 Å². The smallest absolute Gasteiger partial charge is 0.238 e. The van der Waals surface area contributed by atoms with Gasteiger partial charge in [0.2, 0.25) is 5.91 Å². The minimum absolute atomic E-state index is 0.0664. The number of nitrogens with zero attached hydrogens (tertiary/aromatic N) is 2. The summed E-state index contributed by atoms with van der Waals surface area (Å²) >= 11 is 0. The summed E-state index contributed by atoms with van der Waals surface area (Å²) in [5.74, 6) is -1.91. The minimum atomic E-state index is -0.855. The number of hydrogen-bond acceptors (Lipinski definition) is 4. The van der Waals surface area contributed by atoms with Crippen LogP contribution in [0.25, 0.3) is 0 Å². The van der Waals surface area contributed by atoms with E-state index in [2.05, 4.69) is 4.98 Å². The molecule has 7 heteroatoms. The molecule has 1 aromatic carbocycles. The van der Waals surface area contributed by atoms with Gasteiger partial charge in [-0.05, 0) is 48.1 Å². The summed E-state index contributed by atoms with van der Waals surface area (Å²) in [7, 11) is 1.33. The first-order valence-electron chi connectivity index (χ1n) is 9.02. The van der Waals surface area contributed by atoms with Gasteiger partial charge < -0.3 is 15.4 Å². The topological polar surface area (TPSA) is 68.4 Å². The molecule has 2 heterocycles. The van der Waals surface area contributed by atoms with Gasteiger partial charge in [-0.3, -0.25) is 9.78 Å². The third kappa shape index (κ3) is 2.52. The van der Waals surface area contributed by atoms with Gasteiger partial charge in [0.25, 0.3) is 0 Å². The van der Waals surface area contributed by atoms with E-state index in [-0.39, 0.29) is 30.4 Å². The maximum absolute atomic E-state index is 15.1. The van der Waals surface area contributed by atoms with E-state index in [1.54, 1.807) is 13.1 Å². The van der Waals surface area contributed by atoms with Gasteiger partial charge in [0.1, 0.15) is 5.69 Å². The Morgan fingerprint density at radius 3 is 2.63 bits per heavy atom. The second-order valence-electron chi connectivity index (χ2n) is 7.08. The second-order valence-corrected chi connectivity index (χ2v) is 7.08. The van der Waals surface area contributed by atoms with E-state index in [1.807, 2.05) is 6.07 Å². The van der Waals surface area contributed by atoms with Gasteiger partial charge >= 0.3 is 0 Å². The lowest BCUT2D eigenvalue weighted by atomic mass is 9.86. The van der Waals surface area contributed by atoms with E-state index in [0.29, 0.717) is 30.5 Å². The van der Waals surface area contributed by atoms with E-state index < -0.39 is 17.0 Å². The number of anilines is 1. The van der Waals surface area contributed by atoms with Crippen LogP contribution >= 0.6 is 0 Å². The van der Waals surface area contributed by atoms with Gasteiger partial charge in [0, 0.05) is 12.7 Å². The highest BCUT2D eigenvalue weighted by Crippen LogP contribution is 2.54. The first-order chi connectivity index (χ1) is 13.0. The zero-order valence-electron chi connectivity index (χ0n) is 15.3. The lowest BCUT2D eigenvalue weighted by Crippen LogP contribution is -2.45. The molecule has 27 heavy (non-hydrogen) atoms. The van der Waals surface area contributed by atoms with Crippen LogP contribution in [0.1, 0.15) is 42.1 Å². The fourth-order valence-electron chi connectivity index (χ4n) is 3.91. The quantitative estimate of drug-likeness (QED) is 0.895. The highest BCUT2D eigenvalue weighted by atomic mass is 19.1. The molecule has 1 aromatic heterocycles. The number of aryl methyl sites for hydroxylation is 1. The fourth-order valence-corrected chi connectivity index (χ4v) is 3.91. The molecule has 2 N–H and O–H groups in total. The first-order valence-corrected chi connectivity index (χ1v) is 9.02. The summed E-state index contributed by atoms with van der Waals surface area (Å²) < 4.78 is 35.1. The molecule has 0 unspecified atom stereocenters. The van der Waals surface area contributed by atoms with E-state index >= 15 is 4.39 Å². The van der Waals surface area contributed by atoms with Crippen molar-refractivity contribution in [1.82, 2.24) is 4.98 Å². The zero-order chi connectivity index (χ0) is 19.3. The number of pyridine rings is 1. The number of rotatable bonds is 4. The van der Waals surface area contributed by atoms with E-state index in [0.717, 1.165) is 11.1 Å². The molecule has 1 fully saturated rings. The number of amides is 1. The predicted octanol–water partition coefficient (Wildman–Crippen LogP) is 2.97. The molecule has 0 saturated heterocycles. The highest BCUT2D eigenvalue weighted by molar-refractivity contribution is 6.05. The molecule has 1 aliphatic heterocycles. The Hall–Kier alpha value is -2.54. The highest BCUT2D eigenvalue weighted by Gasteiger charge is 2.57. The van der Waals surface area contributed by atoms with Crippen LogP contribution < -0.4 is 15.4 Å². The van der Waals surface area contributed by atoms with Crippen molar-refractivity contribution >= 4 is 11.6 Å². The van der Waals surface area contributed by atoms with Gasteiger partial charge in [0.05, 0.1) is 24.8 Å². The van der Waals surface area contributed by atoms with E-state index in [1.165, 1.54) is 18.1 Å². The number of benzene rings is 1. The third-order valence-corrected chi connectivity index (χ3v) is 5.59. The number of hydrogen-bond donors (Lipinski definition) is 1. The number of carbonyl (C=O) groups excluding carboxylic acids is 1. The molecule has 0 bridgehead atoms. The molecule has 5 nitrogen and oxygen atoms in total. The van der Waals surface area contributed by atoms with Crippen molar-refractivity contribution in [3.63, 3.8) is 0 Å². The maximum atomic E-state index is 15.1. The first kappa shape index (κ1) is 17.9. The monoisotopic (exact) mass is 373 g/mol. The molecule has 2 aliphatic rings. The number of nitrogens with two attached hydrogens (primary N) is 1. The Morgan fingerprint density at radius 1 is 1.30 bits per heavy atom.